The summed E-state index contributed by atoms with van der Waals surface area (Å²) < 4.78 is 6.54. The van der Waals surface area contributed by atoms with E-state index in [0.717, 1.165) is 16.8 Å². The van der Waals surface area contributed by atoms with Crippen LogP contribution < -0.4 is 10.1 Å². The van der Waals surface area contributed by atoms with Crippen molar-refractivity contribution in [3.8, 4) is 5.75 Å². The molecule has 1 rings (SSSR count). The molecule has 0 unspecified atom stereocenters. The molecular formula is C10H15BrClNO. The molecule has 1 N–H and O–H groups in total. The van der Waals surface area contributed by atoms with E-state index in [1.165, 1.54) is 5.56 Å². The number of hydrogen-bond donors (Lipinski definition) is 1. The molecule has 0 heterocycles. The molecule has 2 nitrogen and oxygen atoms in total. The third-order valence-corrected chi connectivity index (χ3v) is 2.32. The highest BCUT2D eigenvalue weighted by Crippen LogP contribution is 2.25. The van der Waals surface area contributed by atoms with Crippen LogP contribution >= 0.6 is 28.3 Å². The molecule has 1 aromatic carbocycles. The molecule has 0 bridgehead atoms. The van der Waals surface area contributed by atoms with Gasteiger partial charge in [0, 0.05) is 6.54 Å². The Morgan fingerprint density at radius 1 is 1.43 bits per heavy atom. The van der Waals surface area contributed by atoms with Gasteiger partial charge < -0.3 is 10.1 Å². The lowest BCUT2D eigenvalue weighted by atomic mass is 10.2. The van der Waals surface area contributed by atoms with Crippen LogP contribution in [0.3, 0.4) is 0 Å². The van der Waals surface area contributed by atoms with Gasteiger partial charge in [-0.2, -0.15) is 0 Å². The molecule has 80 valence electrons. The zero-order chi connectivity index (χ0) is 9.68. The topological polar surface area (TPSA) is 21.3 Å². The third-order valence-electron chi connectivity index (χ3n) is 1.70. The fraction of sp³-hybridized carbons (Fsp3) is 0.400. The first kappa shape index (κ1) is 13.8. The maximum atomic E-state index is 5.52. The Morgan fingerprint density at radius 3 is 2.71 bits per heavy atom. The number of benzene rings is 1. The van der Waals surface area contributed by atoms with E-state index in [9.17, 15) is 0 Å². The summed E-state index contributed by atoms with van der Waals surface area (Å²) in [6.07, 6.45) is 0. The minimum atomic E-state index is 0. The predicted octanol–water partition coefficient (Wildman–Crippen LogP) is 2.78. The number of likely N-dealkylation sites (N-methyl/N-ethyl adjacent to an activating group) is 1. The van der Waals surface area contributed by atoms with Gasteiger partial charge in [0.25, 0.3) is 0 Å². The van der Waals surface area contributed by atoms with E-state index in [1.54, 1.807) is 0 Å². The highest BCUT2D eigenvalue weighted by Gasteiger charge is 1.99. The summed E-state index contributed by atoms with van der Waals surface area (Å²) in [5.74, 6) is 0.904. The molecular weight excluding hydrogens is 265 g/mol. The van der Waals surface area contributed by atoms with Gasteiger partial charge in [0.2, 0.25) is 0 Å². The van der Waals surface area contributed by atoms with Crippen LogP contribution in [0.25, 0.3) is 0 Å². The second-order valence-corrected chi connectivity index (χ2v) is 3.74. The fourth-order valence-corrected chi connectivity index (χ4v) is 1.59. The highest BCUT2D eigenvalue weighted by atomic mass is 79.9. The van der Waals surface area contributed by atoms with Gasteiger partial charge >= 0.3 is 0 Å². The summed E-state index contributed by atoms with van der Waals surface area (Å²) in [5.41, 5.74) is 1.23. The first-order valence-corrected chi connectivity index (χ1v) is 5.07. The van der Waals surface area contributed by atoms with E-state index < -0.39 is 0 Å². The van der Waals surface area contributed by atoms with E-state index in [0.29, 0.717) is 6.61 Å². The van der Waals surface area contributed by atoms with Crippen molar-refractivity contribution in [2.24, 2.45) is 0 Å². The summed E-state index contributed by atoms with van der Waals surface area (Å²) >= 11 is 3.45. The van der Waals surface area contributed by atoms with Crippen LogP contribution in [0.15, 0.2) is 22.7 Å². The standard InChI is InChI=1S/C10H14BrNO.ClH/c1-8-3-4-10(9(11)7-8)13-6-5-12-2;/h3-4,7,12H,5-6H2,1-2H3;1H. The van der Waals surface area contributed by atoms with Crippen molar-refractivity contribution in [2.45, 2.75) is 6.92 Å². The third kappa shape index (κ3) is 4.31. The van der Waals surface area contributed by atoms with E-state index in [4.69, 9.17) is 4.74 Å². The van der Waals surface area contributed by atoms with Crippen LogP contribution in [0, 0.1) is 6.92 Å². The van der Waals surface area contributed by atoms with Crippen LogP contribution in [-0.2, 0) is 0 Å². The van der Waals surface area contributed by atoms with Crippen molar-refractivity contribution < 1.29 is 4.74 Å². The number of aryl methyl sites for hydroxylation is 1. The molecule has 0 aliphatic rings. The van der Waals surface area contributed by atoms with Crippen molar-refractivity contribution in [1.82, 2.24) is 5.32 Å². The SMILES string of the molecule is CNCCOc1ccc(C)cc1Br.Cl. The maximum absolute atomic E-state index is 5.52. The highest BCUT2D eigenvalue weighted by molar-refractivity contribution is 9.10. The molecule has 0 aliphatic carbocycles. The number of nitrogens with one attached hydrogen (secondary N) is 1. The molecule has 0 atom stereocenters. The molecule has 0 radical (unpaired) electrons. The molecule has 1 aromatic rings. The van der Waals surface area contributed by atoms with Gasteiger partial charge in [0.15, 0.2) is 0 Å². The molecule has 0 saturated heterocycles. The van der Waals surface area contributed by atoms with Crippen LogP contribution in [0.2, 0.25) is 0 Å². The Balaban J connectivity index is 0.00000169. The lowest BCUT2D eigenvalue weighted by molar-refractivity contribution is 0.316. The van der Waals surface area contributed by atoms with Crippen LogP contribution in [0.1, 0.15) is 5.56 Å². The summed E-state index contributed by atoms with van der Waals surface area (Å²) in [7, 11) is 1.91. The molecule has 0 fully saturated rings. The normalized spacial score (nSPS) is 9.36. The number of hydrogen-bond acceptors (Lipinski definition) is 2. The summed E-state index contributed by atoms with van der Waals surface area (Å²) in [4.78, 5) is 0. The first-order valence-electron chi connectivity index (χ1n) is 4.27. The minimum Gasteiger partial charge on any atom is -0.491 e. The molecule has 0 aromatic heterocycles. The maximum Gasteiger partial charge on any atom is 0.133 e. The van der Waals surface area contributed by atoms with Gasteiger partial charge in [-0.15, -0.1) is 12.4 Å². The van der Waals surface area contributed by atoms with Crippen molar-refractivity contribution in [2.75, 3.05) is 20.2 Å². The Morgan fingerprint density at radius 2 is 2.14 bits per heavy atom. The van der Waals surface area contributed by atoms with E-state index in [-0.39, 0.29) is 12.4 Å². The summed E-state index contributed by atoms with van der Waals surface area (Å²) in [5, 5.41) is 3.03. The zero-order valence-electron chi connectivity index (χ0n) is 8.34. The molecule has 0 spiro atoms. The fourth-order valence-electron chi connectivity index (χ4n) is 0.986. The molecule has 4 heteroatoms. The Bertz CT molecular complexity index is 281. The van der Waals surface area contributed by atoms with Gasteiger partial charge in [-0.25, -0.2) is 0 Å². The molecule has 0 aliphatic heterocycles. The number of halogens is 2. The van der Waals surface area contributed by atoms with E-state index in [1.807, 2.05) is 19.2 Å². The minimum absolute atomic E-state index is 0. The van der Waals surface area contributed by atoms with E-state index >= 15 is 0 Å². The van der Waals surface area contributed by atoms with Gasteiger partial charge in [-0.3, -0.25) is 0 Å². The Hall–Kier alpha value is -0.250. The number of ether oxygens (including phenoxy) is 1. The largest absolute Gasteiger partial charge is 0.491 e. The van der Waals surface area contributed by atoms with Gasteiger partial charge in [0.1, 0.15) is 12.4 Å². The Labute approximate surface area is 99.6 Å². The molecule has 14 heavy (non-hydrogen) atoms. The molecule has 0 amide bonds. The first-order chi connectivity index (χ1) is 6.24. The van der Waals surface area contributed by atoms with E-state index in [2.05, 4.69) is 34.2 Å². The van der Waals surface area contributed by atoms with Crippen molar-refractivity contribution in [1.29, 1.82) is 0 Å². The summed E-state index contributed by atoms with van der Waals surface area (Å²) in [6, 6.07) is 6.07. The predicted molar refractivity (Wildman–Crippen MR) is 65.5 cm³/mol. The second kappa shape index (κ2) is 7.10. The van der Waals surface area contributed by atoms with Crippen molar-refractivity contribution >= 4 is 28.3 Å². The van der Waals surface area contributed by atoms with Gasteiger partial charge in [0.05, 0.1) is 4.47 Å². The van der Waals surface area contributed by atoms with Crippen LogP contribution in [0.4, 0.5) is 0 Å². The monoisotopic (exact) mass is 279 g/mol. The Kier molecular flexibility index (Phi) is 6.97. The van der Waals surface area contributed by atoms with Gasteiger partial charge in [-0.1, -0.05) is 6.07 Å². The van der Waals surface area contributed by atoms with Crippen molar-refractivity contribution in [3.63, 3.8) is 0 Å². The zero-order valence-corrected chi connectivity index (χ0v) is 10.7. The van der Waals surface area contributed by atoms with Crippen molar-refractivity contribution in [3.05, 3.63) is 28.2 Å². The lowest BCUT2D eigenvalue weighted by Gasteiger charge is -2.07. The van der Waals surface area contributed by atoms with Gasteiger partial charge in [-0.05, 0) is 47.6 Å². The number of rotatable bonds is 4. The average Bonchev–Trinajstić information content (AvgIpc) is 2.09. The van der Waals surface area contributed by atoms with Crippen LogP contribution in [-0.4, -0.2) is 20.2 Å². The van der Waals surface area contributed by atoms with Crippen LogP contribution in [0.5, 0.6) is 5.75 Å². The molecule has 0 saturated carbocycles. The smallest absolute Gasteiger partial charge is 0.133 e. The second-order valence-electron chi connectivity index (χ2n) is 2.89. The lowest BCUT2D eigenvalue weighted by Crippen LogP contribution is -2.16. The summed E-state index contributed by atoms with van der Waals surface area (Å²) in [6.45, 7) is 3.61. The quantitative estimate of drug-likeness (QED) is 0.857. The average molecular weight is 281 g/mol.